The molecule has 0 aromatic carbocycles. The fourth-order valence-corrected chi connectivity index (χ4v) is 2.05. The summed E-state index contributed by atoms with van der Waals surface area (Å²) in [5, 5.41) is 0. The molecule has 6 heteroatoms. The Labute approximate surface area is 104 Å². The van der Waals surface area contributed by atoms with E-state index in [0.29, 0.717) is 18.1 Å². The SMILES string of the molecule is Cc1oc(CN(CC(F)(F)F)C2CC2)cc1CN. The van der Waals surface area contributed by atoms with Gasteiger partial charge in [-0.25, -0.2) is 0 Å². The van der Waals surface area contributed by atoms with Crippen LogP contribution in [0, 0.1) is 6.92 Å². The van der Waals surface area contributed by atoms with Crippen molar-refractivity contribution in [2.75, 3.05) is 6.54 Å². The average molecular weight is 262 g/mol. The summed E-state index contributed by atoms with van der Waals surface area (Å²) in [6, 6.07) is 1.79. The van der Waals surface area contributed by atoms with Crippen molar-refractivity contribution in [1.82, 2.24) is 4.90 Å². The fourth-order valence-electron chi connectivity index (χ4n) is 2.05. The molecule has 1 aliphatic rings. The maximum atomic E-state index is 12.5. The highest BCUT2D eigenvalue weighted by Crippen LogP contribution is 2.31. The molecule has 0 unspecified atom stereocenters. The number of rotatable bonds is 5. The smallest absolute Gasteiger partial charge is 0.401 e. The van der Waals surface area contributed by atoms with E-state index in [2.05, 4.69) is 0 Å². The van der Waals surface area contributed by atoms with Crippen molar-refractivity contribution in [3.8, 4) is 0 Å². The predicted molar refractivity (Wildman–Crippen MR) is 60.8 cm³/mol. The van der Waals surface area contributed by atoms with Gasteiger partial charge in [0.1, 0.15) is 11.5 Å². The first-order chi connectivity index (χ1) is 8.39. The van der Waals surface area contributed by atoms with E-state index in [1.807, 2.05) is 0 Å². The van der Waals surface area contributed by atoms with E-state index >= 15 is 0 Å². The third kappa shape index (κ3) is 3.49. The van der Waals surface area contributed by atoms with Gasteiger partial charge in [-0.2, -0.15) is 13.2 Å². The van der Waals surface area contributed by atoms with Gasteiger partial charge in [-0.05, 0) is 25.8 Å². The molecule has 1 aliphatic carbocycles. The molecule has 1 aromatic rings. The molecule has 0 radical (unpaired) electrons. The summed E-state index contributed by atoms with van der Waals surface area (Å²) >= 11 is 0. The molecule has 0 atom stereocenters. The third-order valence-corrected chi connectivity index (χ3v) is 3.10. The van der Waals surface area contributed by atoms with Crippen LogP contribution in [-0.2, 0) is 13.1 Å². The minimum absolute atomic E-state index is 0.0401. The lowest BCUT2D eigenvalue weighted by atomic mass is 10.2. The molecule has 102 valence electrons. The van der Waals surface area contributed by atoms with Crippen molar-refractivity contribution in [1.29, 1.82) is 0 Å². The van der Waals surface area contributed by atoms with Crippen LogP contribution in [0.5, 0.6) is 0 Å². The molecular formula is C12H17F3N2O. The lowest BCUT2D eigenvalue weighted by Crippen LogP contribution is -2.35. The Morgan fingerprint density at radius 2 is 2.11 bits per heavy atom. The molecule has 0 amide bonds. The van der Waals surface area contributed by atoms with Crippen LogP contribution < -0.4 is 5.73 Å². The molecule has 1 saturated carbocycles. The van der Waals surface area contributed by atoms with Gasteiger partial charge >= 0.3 is 6.18 Å². The van der Waals surface area contributed by atoms with E-state index in [1.54, 1.807) is 13.0 Å². The Bertz CT molecular complexity index is 410. The molecule has 0 saturated heterocycles. The molecule has 1 fully saturated rings. The van der Waals surface area contributed by atoms with Crippen molar-refractivity contribution in [2.24, 2.45) is 5.73 Å². The Balaban J connectivity index is 2.03. The first-order valence-corrected chi connectivity index (χ1v) is 5.98. The molecule has 1 heterocycles. The number of halogens is 3. The fraction of sp³-hybridized carbons (Fsp3) is 0.667. The van der Waals surface area contributed by atoms with Gasteiger partial charge in [-0.1, -0.05) is 0 Å². The summed E-state index contributed by atoms with van der Waals surface area (Å²) < 4.78 is 42.8. The highest BCUT2D eigenvalue weighted by Gasteiger charge is 2.38. The zero-order chi connectivity index (χ0) is 13.3. The first kappa shape index (κ1) is 13.4. The van der Waals surface area contributed by atoms with Crippen LogP contribution in [0.4, 0.5) is 13.2 Å². The van der Waals surface area contributed by atoms with Gasteiger partial charge in [-0.3, -0.25) is 4.90 Å². The van der Waals surface area contributed by atoms with Gasteiger partial charge in [0.2, 0.25) is 0 Å². The maximum absolute atomic E-state index is 12.5. The number of nitrogens with zero attached hydrogens (tertiary/aromatic N) is 1. The Morgan fingerprint density at radius 1 is 1.44 bits per heavy atom. The van der Waals surface area contributed by atoms with Crippen LogP contribution in [-0.4, -0.2) is 23.7 Å². The summed E-state index contributed by atoms with van der Waals surface area (Å²) in [6.07, 6.45) is -2.50. The van der Waals surface area contributed by atoms with E-state index in [9.17, 15) is 13.2 Å². The van der Waals surface area contributed by atoms with Crippen molar-refractivity contribution in [3.05, 3.63) is 23.2 Å². The van der Waals surface area contributed by atoms with Gasteiger partial charge in [0, 0.05) is 18.2 Å². The van der Waals surface area contributed by atoms with Gasteiger partial charge in [0.05, 0.1) is 13.1 Å². The second-order valence-electron chi connectivity index (χ2n) is 4.75. The van der Waals surface area contributed by atoms with Gasteiger partial charge < -0.3 is 10.2 Å². The zero-order valence-corrected chi connectivity index (χ0v) is 10.3. The normalized spacial score (nSPS) is 16.6. The number of hydrogen-bond donors (Lipinski definition) is 1. The lowest BCUT2D eigenvalue weighted by Gasteiger charge is -2.22. The molecule has 3 nitrogen and oxygen atoms in total. The topological polar surface area (TPSA) is 42.4 Å². The number of alkyl halides is 3. The van der Waals surface area contributed by atoms with E-state index in [1.165, 1.54) is 4.90 Å². The number of furan rings is 1. The van der Waals surface area contributed by atoms with E-state index in [4.69, 9.17) is 10.2 Å². The van der Waals surface area contributed by atoms with Crippen LogP contribution >= 0.6 is 0 Å². The van der Waals surface area contributed by atoms with Crippen molar-refractivity contribution < 1.29 is 17.6 Å². The summed E-state index contributed by atoms with van der Waals surface area (Å²) in [4.78, 5) is 1.43. The summed E-state index contributed by atoms with van der Waals surface area (Å²) in [7, 11) is 0. The van der Waals surface area contributed by atoms with Crippen LogP contribution in [0.15, 0.2) is 10.5 Å². The van der Waals surface area contributed by atoms with Gasteiger partial charge in [0.15, 0.2) is 0 Å². The van der Waals surface area contributed by atoms with Crippen LogP contribution in [0.2, 0.25) is 0 Å². The second-order valence-corrected chi connectivity index (χ2v) is 4.75. The summed E-state index contributed by atoms with van der Waals surface area (Å²) in [5.41, 5.74) is 6.37. The molecule has 0 spiro atoms. The minimum Gasteiger partial charge on any atom is -0.465 e. The van der Waals surface area contributed by atoms with Gasteiger partial charge in [-0.15, -0.1) is 0 Å². The Kier molecular flexibility index (Phi) is 3.68. The Morgan fingerprint density at radius 3 is 2.56 bits per heavy atom. The molecule has 0 aliphatic heterocycles. The van der Waals surface area contributed by atoms with Crippen LogP contribution in [0.1, 0.15) is 29.9 Å². The number of aryl methyl sites for hydroxylation is 1. The number of nitrogens with two attached hydrogens (primary N) is 1. The standard InChI is InChI=1S/C12H17F3N2O/c1-8-9(5-16)4-11(18-8)6-17(10-2-3-10)7-12(13,14)15/h4,10H,2-3,5-7,16H2,1H3. The highest BCUT2D eigenvalue weighted by molar-refractivity contribution is 5.20. The molecule has 1 aromatic heterocycles. The average Bonchev–Trinajstić information content (AvgIpc) is 3.01. The van der Waals surface area contributed by atoms with E-state index in [-0.39, 0.29) is 12.6 Å². The maximum Gasteiger partial charge on any atom is 0.401 e. The summed E-state index contributed by atoms with van der Waals surface area (Å²) in [6.45, 7) is 1.44. The minimum atomic E-state index is -4.17. The zero-order valence-electron chi connectivity index (χ0n) is 10.3. The molecular weight excluding hydrogens is 245 g/mol. The molecule has 18 heavy (non-hydrogen) atoms. The molecule has 2 rings (SSSR count). The van der Waals surface area contributed by atoms with Crippen LogP contribution in [0.25, 0.3) is 0 Å². The quantitative estimate of drug-likeness (QED) is 0.886. The van der Waals surface area contributed by atoms with E-state index in [0.717, 1.165) is 18.4 Å². The van der Waals surface area contributed by atoms with Crippen molar-refractivity contribution in [3.63, 3.8) is 0 Å². The Hall–Kier alpha value is -1.01. The third-order valence-electron chi connectivity index (χ3n) is 3.10. The highest BCUT2D eigenvalue weighted by atomic mass is 19.4. The second kappa shape index (κ2) is 4.93. The van der Waals surface area contributed by atoms with Crippen molar-refractivity contribution in [2.45, 2.75) is 45.1 Å². The van der Waals surface area contributed by atoms with E-state index < -0.39 is 12.7 Å². The largest absolute Gasteiger partial charge is 0.465 e. The molecule has 2 N–H and O–H groups in total. The van der Waals surface area contributed by atoms with Gasteiger partial charge in [0.25, 0.3) is 0 Å². The van der Waals surface area contributed by atoms with Crippen molar-refractivity contribution >= 4 is 0 Å². The number of hydrogen-bond acceptors (Lipinski definition) is 3. The summed E-state index contributed by atoms with van der Waals surface area (Å²) in [5.74, 6) is 1.25. The monoisotopic (exact) mass is 262 g/mol. The molecule has 0 bridgehead atoms. The lowest BCUT2D eigenvalue weighted by molar-refractivity contribution is -0.148. The van der Waals surface area contributed by atoms with Crippen LogP contribution in [0.3, 0.4) is 0 Å². The predicted octanol–water partition coefficient (Wildman–Crippen LogP) is 2.57. The first-order valence-electron chi connectivity index (χ1n) is 5.98.